The molecule has 0 aromatic heterocycles. The third kappa shape index (κ3) is 2.48. The lowest BCUT2D eigenvalue weighted by Gasteiger charge is -2.41. The highest BCUT2D eigenvalue weighted by atomic mass is 16.6. The van der Waals surface area contributed by atoms with Crippen molar-refractivity contribution >= 4 is 5.69 Å². The van der Waals surface area contributed by atoms with E-state index in [1.54, 1.807) is 0 Å². The van der Waals surface area contributed by atoms with Gasteiger partial charge >= 0.3 is 0 Å². The Bertz CT molecular complexity index is 452. The third-order valence-electron chi connectivity index (χ3n) is 3.75. The van der Waals surface area contributed by atoms with Crippen molar-refractivity contribution in [2.75, 3.05) is 51.4 Å². The summed E-state index contributed by atoms with van der Waals surface area (Å²) in [5, 5.41) is 9.55. The summed E-state index contributed by atoms with van der Waals surface area (Å²) in [5.74, 6) is 1.61. The highest BCUT2D eigenvalue weighted by Gasteiger charge is 2.25. The molecule has 0 bridgehead atoms. The van der Waals surface area contributed by atoms with Crippen molar-refractivity contribution in [1.82, 2.24) is 4.90 Å². The molecule has 1 aromatic carbocycles. The number of anilines is 1. The molecule has 5 heteroatoms. The van der Waals surface area contributed by atoms with Crippen molar-refractivity contribution in [3.63, 3.8) is 0 Å². The molecule has 2 aliphatic rings. The van der Waals surface area contributed by atoms with E-state index in [1.165, 1.54) is 0 Å². The molecule has 19 heavy (non-hydrogen) atoms. The molecule has 0 radical (unpaired) electrons. The summed E-state index contributed by atoms with van der Waals surface area (Å²) in [6, 6.07) is 6.15. The number of fused-ring (bicyclic) bond motifs is 1. The van der Waals surface area contributed by atoms with E-state index in [0.717, 1.165) is 36.8 Å². The second-order valence-electron chi connectivity index (χ2n) is 5.12. The summed E-state index contributed by atoms with van der Waals surface area (Å²) in [6.07, 6.45) is 0. The molecular formula is C14H20N2O3. The molecule has 1 aromatic rings. The van der Waals surface area contributed by atoms with E-state index in [-0.39, 0.29) is 12.6 Å². The number of hydrogen-bond acceptors (Lipinski definition) is 5. The molecule has 104 valence electrons. The van der Waals surface area contributed by atoms with Gasteiger partial charge in [0.15, 0.2) is 11.5 Å². The highest BCUT2D eigenvalue weighted by Crippen LogP contribution is 2.34. The molecule has 1 fully saturated rings. The predicted molar refractivity (Wildman–Crippen MR) is 73.1 cm³/mol. The van der Waals surface area contributed by atoms with Gasteiger partial charge in [0.25, 0.3) is 0 Å². The molecule has 1 saturated heterocycles. The van der Waals surface area contributed by atoms with Crippen LogP contribution in [0.2, 0.25) is 0 Å². The molecule has 2 heterocycles. The second kappa shape index (κ2) is 5.27. The summed E-state index contributed by atoms with van der Waals surface area (Å²) < 4.78 is 11.2. The van der Waals surface area contributed by atoms with Gasteiger partial charge < -0.3 is 24.4 Å². The van der Waals surface area contributed by atoms with Crippen LogP contribution in [0.3, 0.4) is 0 Å². The SMILES string of the molecule is CN1CCN(c2ccc3c(c2)OCCO3)C(CO)C1. The molecule has 0 amide bonds. The fraction of sp³-hybridized carbons (Fsp3) is 0.571. The fourth-order valence-corrected chi connectivity index (χ4v) is 2.72. The van der Waals surface area contributed by atoms with Crippen LogP contribution in [-0.4, -0.2) is 62.6 Å². The lowest BCUT2D eigenvalue weighted by molar-refractivity contribution is 0.171. The first-order valence-corrected chi connectivity index (χ1v) is 6.73. The Balaban J connectivity index is 1.84. The van der Waals surface area contributed by atoms with Gasteiger partial charge in [-0.05, 0) is 19.2 Å². The summed E-state index contributed by atoms with van der Waals surface area (Å²) in [5.41, 5.74) is 1.09. The average molecular weight is 264 g/mol. The molecule has 2 aliphatic heterocycles. The molecule has 1 N–H and O–H groups in total. The number of aliphatic hydroxyl groups excluding tert-OH is 1. The molecule has 0 saturated carbocycles. The Morgan fingerprint density at radius 3 is 2.79 bits per heavy atom. The third-order valence-corrected chi connectivity index (χ3v) is 3.75. The van der Waals surface area contributed by atoms with Gasteiger partial charge in [0.1, 0.15) is 13.2 Å². The van der Waals surface area contributed by atoms with Crippen molar-refractivity contribution in [2.24, 2.45) is 0 Å². The molecule has 1 unspecified atom stereocenters. The minimum absolute atomic E-state index is 0.140. The maximum absolute atomic E-state index is 9.55. The molecule has 0 spiro atoms. The van der Waals surface area contributed by atoms with E-state index in [0.29, 0.717) is 13.2 Å². The van der Waals surface area contributed by atoms with Crippen LogP contribution in [0, 0.1) is 0 Å². The van der Waals surface area contributed by atoms with Gasteiger partial charge in [0.2, 0.25) is 0 Å². The maximum Gasteiger partial charge on any atom is 0.163 e. The smallest absolute Gasteiger partial charge is 0.163 e. The van der Waals surface area contributed by atoms with E-state index in [9.17, 15) is 5.11 Å². The van der Waals surface area contributed by atoms with Crippen LogP contribution in [-0.2, 0) is 0 Å². The number of benzene rings is 1. The van der Waals surface area contributed by atoms with Crippen LogP contribution in [0.5, 0.6) is 11.5 Å². The number of rotatable bonds is 2. The Labute approximate surface area is 113 Å². The summed E-state index contributed by atoms with van der Waals surface area (Å²) in [6.45, 7) is 4.18. The summed E-state index contributed by atoms with van der Waals surface area (Å²) in [7, 11) is 2.09. The average Bonchev–Trinajstić information content (AvgIpc) is 2.46. The number of nitrogens with zero attached hydrogens (tertiary/aromatic N) is 2. The first-order chi connectivity index (χ1) is 9.28. The number of aliphatic hydroxyl groups is 1. The predicted octanol–water partition coefficient (Wildman–Crippen LogP) is 0.570. The Morgan fingerprint density at radius 2 is 2.00 bits per heavy atom. The van der Waals surface area contributed by atoms with Gasteiger partial charge in [-0.2, -0.15) is 0 Å². The normalized spacial score (nSPS) is 23.5. The number of ether oxygens (including phenoxy) is 2. The Hall–Kier alpha value is -1.46. The number of likely N-dealkylation sites (N-methyl/N-ethyl adjacent to an activating group) is 1. The quantitative estimate of drug-likeness (QED) is 0.846. The van der Waals surface area contributed by atoms with E-state index in [2.05, 4.69) is 16.8 Å². The minimum atomic E-state index is 0.140. The van der Waals surface area contributed by atoms with Crippen LogP contribution in [0.25, 0.3) is 0 Å². The zero-order valence-corrected chi connectivity index (χ0v) is 11.2. The van der Waals surface area contributed by atoms with Crippen LogP contribution < -0.4 is 14.4 Å². The molecule has 5 nitrogen and oxygen atoms in total. The van der Waals surface area contributed by atoms with Crippen LogP contribution in [0.1, 0.15) is 0 Å². The van der Waals surface area contributed by atoms with Gasteiger partial charge in [0, 0.05) is 31.4 Å². The van der Waals surface area contributed by atoms with E-state index >= 15 is 0 Å². The summed E-state index contributed by atoms with van der Waals surface area (Å²) in [4.78, 5) is 4.49. The largest absolute Gasteiger partial charge is 0.486 e. The van der Waals surface area contributed by atoms with Gasteiger partial charge in [-0.15, -0.1) is 0 Å². The molecule has 0 aliphatic carbocycles. The van der Waals surface area contributed by atoms with Crippen molar-refractivity contribution in [3.05, 3.63) is 18.2 Å². The van der Waals surface area contributed by atoms with Crippen molar-refractivity contribution in [2.45, 2.75) is 6.04 Å². The van der Waals surface area contributed by atoms with Crippen LogP contribution in [0.4, 0.5) is 5.69 Å². The van der Waals surface area contributed by atoms with Gasteiger partial charge in [-0.3, -0.25) is 0 Å². The van der Waals surface area contributed by atoms with Gasteiger partial charge in [-0.25, -0.2) is 0 Å². The van der Waals surface area contributed by atoms with E-state index in [1.807, 2.05) is 18.2 Å². The first kappa shape index (κ1) is 12.6. The van der Waals surface area contributed by atoms with Crippen molar-refractivity contribution in [3.8, 4) is 11.5 Å². The topological polar surface area (TPSA) is 45.2 Å². The maximum atomic E-state index is 9.55. The second-order valence-corrected chi connectivity index (χ2v) is 5.12. The Kier molecular flexibility index (Phi) is 3.48. The lowest BCUT2D eigenvalue weighted by Crippen LogP contribution is -2.53. The molecular weight excluding hydrogens is 244 g/mol. The first-order valence-electron chi connectivity index (χ1n) is 6.73. The number of hydrogen-bond donors (Lipinski definition) is 1. The van der Waals surface area contributed by atoms with E-state index < -0.39 is 0 Å². The Morgan fingerprint density at radius 1 is 1.21 bits per heavy atom. The monoisotopic (exact) mass is 264 g/mol. The van der Waals surface area contributed by atoms with Gasteiger partial charge in [-0.1, -0.05) is 0 Å². The van der Waals surface area contributed by atoms with E-state index in [4.69, 9.17) is 9.47 Å². The van der Waals surface area contributed by atoms with Crippen LogP contribution >= 0.6 is 0 Å². The van der Waals surface area contributed by atoms with Crippen LogP contribution in [0.15, 0.2) is 18.2 Å². The molecule has 1 atom stereocenters. The summed E-state index contributed by atoms with van der Waals surface area (Å²) >= 11 is 0. The fourth-order valence-electron chi connectivity index (χ4n) is 2.72. The number of piperazine rings is 1. The molecule has 3 rings (SSSR count). The zero-order chi connectivity index (χ0) is 13.2. The van der Waals surface area contributed by atoms with Crippen molar-refractivity contribution in [1.29, 1.82) is 0 Å². The highest BCUT2D eigenvalue weighted by molar-refractivity contribution is 5.57. The van der Waals surface area contributed by atoms with Crippen molar-refractivity contribution < 1.29 is 14.6 Å². The van der Waals surface area contributed by atoms with Gasteiger partial charge in [0.05, 0.1) is 12.6 Å². The zero-order valence-electron chi connectivity index (χ0n) is 11.2. The lowest BCUT2D eigenvalue weighted by atomic mass is 10.1. The standard InChI is InChI=1S/C14H20N2O3/c1-15-4-5-16(12(9-15)10-17)11-2-3-13-14(8-11)19-7-6-18-13/h2-3,8,12,17H,4-7,9-10H2,1H3. The minimum Gasteiger partial charge on any atom is -0.486 e.